The van der Waals surface area contributed by atoms with Crippen LogP contribution in [0.5, 0.6) is 0 Å². The summed E-state index contributed by atoms with van der Waals surface area (Å²) < 4.78 is 5.48. The zero-order chi connectivity index (χ0) is 18.9. The Morgan fingerprint density at radius 1 is 1.11 bits per heavy atom. The molecule has 4 aromatic rings. The van der Waals surface area contributed by atoms with Gasteiger partial charge in [0.1, 0.15) is 16.9 Å². The molecule has 1 unspecified atom stereocenters. The van der Waals surface area contributed by atoms with Gasteiger partial charge in [-0.15, -0.1) is 11.3 Å². The first-order valence-corrected chi connectivity index (χ1v) is 9.73. The molecule has 0 fully saturated rings. The zero-order valence-corrected chi connectivity index (χ0v) is 15.6. The van der Waals surface area contributed by atoms with Crippen molar-refractivity contribution in [3.05, 3.63) is 89.5 Å². The van der Waals surface area contributed by atoms with Gasteiger partial charge in [0.05, 0.1) is 29.8 Å². The summed E-state index contributed by atoms with van der Waals surface area (Å²) in [7, 11) is 0. The van der Waals surface area contributed by atoms with Crippen LogP contribution in [0.4, 0.5) is 5.69 Å². The number of amides is 1. The number of furan rings is 1. The number of hydrogen-bond donors (Lipinski definition) is 1. The third-order valence-corrected chi connectivity index (χ3v) is 5.50. The Morgan fingerprint density at radius 2 is 2.00 bits per heavy atom. The van der Waals surface area contributed by atoms with Crippen molar-refractivity contribution in [1.82, 2.24) is 14.9 Å². The van der Waals surface area contributed by atoms with Crippen molar-refractivity contribution < 1.29 is 9.21 Å². The van der Waals surface area contributed by atoms with Gasteiger partial charge in [0.25, 0.3) is 5.91 Å². The van der Waals surface area contributed by atoms with E-state index in [1.165, 1.54) is 11.3 Å². The summed E-state index contributed by atoms with van der Waals surface area (Å²) in [6, 6.07) is 17.0. The van der Waals surface area contributed by atoms with Crippen molar-refractivity contribution in [3.63, 3.8) is 0 Å². The summed E-state index contributed by atoms with van der Waals surface area (Å²) in [5, 5.41) is 6.25. The van der Waals surface area contributed by atoms with Crippen LogP contribution < -0.4 is 5.32 Å². The maximum atomic E-state index is 13.2. The number of pyridine rings is 1. The highest BCUT2D eigenvalue weighted by atomic mass is 32.1. The van der Waals surface area contributed by atoms with E-state index in [1.807, 2.05) is 60.0 Å². The topological polar surface area (TPSA) is 71.3 Å². The predicted molar refractivity (Wildman–Crippen MR) is 107 cm³/mol. The molecule has 138 valence electrons. The largest absolute Gasteiger partial charge is 0.467 e. The van der Waals surface area contributed by atoms with E-state index in [4.69, 9.17) is 9.40 Å². The molecule has 1 aliphatic rings. The first-order chi connectivity index (χ1) is 13.8. The number of anilines is 1. The second kappa shape index (κ2) is 6.94. The molecule has 1 N–H and O–H groups in total. The van der Waals surface area contributed by atoms with Crippen LogP contribution in [0.15, 0.2) is 76.9 Å². The van der Waals surface area contributed by atoms with Gasteiger partial charge in [-0.25, -0.2) is 4.98 Å². The molecule has 4 heterocycles. The van der Waals surface area contributed by atoms with Crippen LogP contribution in [-0.4, -0.2) is 20.8 Å². The molecule has 0 spiro atoms. The summed E-state index contributed by atoms with van der Waals surface area (Å²) >= 11 is 1.51. The van der Waals surface area contributed by atoms with Crippen molar-refractivity contribution in [2.75, 3.05) is 5.32 Å². The molecule has 7 heteroatoms. The fraction of sp³-hybridized carbons (Fsp3) is 0.0952. The molecule has 5 rings (SSSR count). The Morgan fingerprint density at radius 3 is 2.82 bits per heavy atom. The molecule has 3 aromatic heterocycles. The number of benzene rings is 1. The standard InChI is InChI=1S/C21H16N4O2S/c26-21-15-7-1-2-8-16(15)23-19(25(21)12-14-6-5-11-27-14)18-13-28-20(24-18)17-9-3-4-10-22-17/h1-11,13,19,23H,12H2. The van der Waals surface area contributed by atoms with Crippen molar-refractivity contribution in [3.8, 4) is 10.7 Å². The summed E-state index contributed by atoms with van der Waals surface area (Å²) in [4.78, 5) is 24.1. The van der Waals surface area contributed by atoms with E-state index >= 15 is 0 Å². The smallest absolute Gasteiger partial charge is 0.258 e. The van der Waals surface area contributed by atoms with E-state index < -0.39 is 0 Å². The monoisotopic (exact) mass is 388 g/mol. The molecule has 6 nitrogen and oxygen atoms in total. The molecular formula is C21H16N4O2S. The Labute approximate surface area is 165 Å². The maximum Gasteiger partial charge on any atom is 0.258 e. The quantitative estimate of drug-likeness (QED) is 0.555. The number of carbonyl (C=O) groups excluding carboxylic acids is 1. The van der Waals surface area contributed by atoms with Gasteiger partial charge in [0.15, 0.2) is 0 Å². The van der Waals surface area contributed by atoms with Crippen LogP contribution in [0.2, 0.25) is 0 Å². The summed E-state index contributed by atoms with van der Waals surface area (Å²) in [6.45, 7) is 0.355. The first kappa shape index (κ1) is 16.7. The van der Waals surface area contributed by atoms with Crippen LogP contribution in [0.1, 0.15) is 28.0 Å². The highest BCUT2D eigenvalue weighted by molar-refractivity contribution is 7.13. The molecule has 0 saturated heterocycles. The number of thiazole rings is 1. The van der Waals surface area contributed by atoms with Crippen LogP contribution in [-0.2, 0) is 6.54 Å². The second-order valence-electron chi connectivity index (χ2n) is 6.40. The average molecular weight is 388 g/mol. The predicted octanol–water partition coefficient (Wildman–Crippen LogP) is 4.56. The number of para-hydroxylation sites is 1. The lowest BCUT2D eigenvalue weighted by molar-refractivity contribution is 0.0648. The molecule has 1 amide bonds. The van der Waals surface area contributed by atoms with Gasteiger partial charge in [0, 0.05) is 17.3 Å². The minimum absolute atomic E-state index is 0.0527. The van der Waals surface area contributed by atoms with E-state index in [9.17, 15) is 4.79 Å². The first-order valence-electron chi connectivity index (χ1n) is 8.85. The fourth-order valence-electron chi connectivity index (χ4n) is 3.28. The zero-order valence-electron chi connectivity index (χ0n) is 14.8. The molecule has 1 aromatic carbocycles. The minimum atomic E-state index is -0.388. The third kappa shape index (κ3) is 2.95. The Balaban J connectivity index is 1.54. The van der Waals surface area contributed by atoms with Gasteiger partial charge in [0.2, 0.25) is 0 Å². The molecule has 0 saturated carbocycles. The molecule has 1 atom stereocenters. The van der Waals surface area contributed by atoms with Gasteiger partial charge in [-0.05, 0) is 36.4 Å². The lowest BCUT2D eigenvalue weighted by Crippen LogP contribution is -2.42. The van der Waals surface area contributed by atoms with Crippen LogP contribution in [0.3, 0.4) is 0 Å². The highest BCUT2D eigenvalue weighted by Gasteiger charge is 2.34. The number of hydrogen-bond acceptors (Lipinski definition) is 6. The van der Waals surface area contributed by atoms with Gasteiger partial charge < -0.3 is 14.6 Å². The summed E-state index contributed by atoms with van der Waals surface area (Å²) in [5.41, 5.74) is 3.05. The average Bonchev–Trinajstić information content (AvgIpc) is 3.43. The van der Waals surface area contributed by atoms with Crippen LogP contribution >= 0.6 is 11.3 Å². The molecule has 28 heavy (non-hydrogen) atoms. The Hall–Kier alpha value is -3.45. The van der Waals surface area contributed by atoms with E-state index in [1.54, 1.807) is 17.4 Å². The number of fused-ring (bicyclic) bond motifs is 1. The maximum absolute atomic E-state index is 13.2. The minimum Gasteiger partial charge on any atom is -0.467 e. The molecule has 0 bridgehead atoms. The molecular weight excluding hydrogens is 372 g/mol. The van der Waals surface area contributed by atoms with Crippen molar-refractivity contribution in [2.24, 2.45) is 0 Å². The number of nitrogens with one attached hydrogen (secondary N) is 1. The second-order valence-corrected chi connectivity index (χ2v) is 7.26. The highest BCUT2D eigenvalue weighted by Crippen LogP contribution is 2.35. The SMILES string of the molecule is O=C1c2ccccc2NC(c2csc(-c3ccccn3)n2)N1Cc1ccco1. The van der Waals surface area contributed by atoms with Crippen molar-refractivity contribution in [1.29, 1.82) is 0 Å². The fourth-order valence-corrected chi connectivity index (χ4v) is 4.09. The lowest BCUT2D eigenvalue weighted by Gasteiger charge is -2.36. The van der Waals surface area contributed by atoms with Gasteiger partial charge in [-0.3, -0.25) is 9.78 Å². The number of rotatable bonds is 4. The van der Waals surface area contributed by atoms with Gasteiger partial charge in [-0.1, -0.05) is 18.2 Å². The number of aromatic nitrogens is 2. The molecule has 0 aliphatic carbocycles. The van der Waals surface area contributed by atoms with Crippen LogP contribution in [0, 0.1) is 0 Å². The number of carbonyl (C=O) groups is 1. The Kier molecular flexibility index (Phi) is 4.14. The summed E-state index contributed by atoms with van der Waals surface area (Å²) in [6.07, 6.45) is 2.97. The Bertz CT molecular complexity index is 1110. The molecule has 0 radical (unpaired) electrons. The molecule has 1 aliphatic heterocycles. The van der Waals surface area contributed by atoms with Crippen LogP contribution in [0.25, 0.3) is 10.7 Å². The number of nitrogens with zero attached hydrogens (tertiary/aromatic N) is 3. The van der Waals surface area contributed by atoms with E-state index in [0.29, 0.717) is 12.1 Å². The summed E-state index contributed by atoms with van der Waals surface area (Å²) in [5.74, 6) is 0.669. The van der Waals surface area contributed by atoms with Crippen molar-refractivity contribution >= 4 is 22.9 Å². The third-order valence-electron chi connectivity index (χ3n) is 4.61. The lowest BCUT2D eigenvalue weighted by atomic mass is 10.1. The van der Waals surface area contributed by atoms with Crippen molar-refractivity contribution in [2.45, 2.75) is 12.7 Å². The normalized spacial score (nSPS) is 15.9. The van der Waals surface area contributed by atoms with E-state index in [2.05, 4.69) is 10.3 Å². The van der Waals surface area contributed by atoms with E-state index in [-0.39, 0.29) is 12.1 Å². The van der Waals surface area contributed by atoms with Gasteiger partial charge in [-0.2, -0.15) is 0 Å². The van der Waals surface area contributed by atoms with E-state index in [0.717, 1.165) is 27.8 Å². The van der Waals surface area contributed by atoms with Gasteiger partial charge >= 0.3 is 0 Å².